The number of hydrogen-bond donors (Lipinski definition) is 2. The lowest BCUT2D eigenvalue weighted by molar-refractivity contribution is -0.0660. The van der Waals surface area contributed by atoms with Crippen molar-refractivity contribution in [2.45, 2.75) is 38.1 Å². The van der Waals surface area contributed by atoms with Gasteiger partial charge in [0.05, 0.1) is 44.1 Å². The van der Waals surface area contributed by atoms with Gasteiger partial charge >= 0.3 is 6.09 Å². The van der Waals surface area contributed by atoms with Crippen molar-refractivity contribution >= 4 is 17.6 Å². The van der Waals surface area contributed by atoms with E-state index < -0.39 is 24.2 Å². The average molecular weight is 591 g/mol. The number of carboxylic acid groups (broad SMARTS) is 1. The van der Waals surface area contributed by atoms with Crippen molar-refractivity contribution in [3.8, 4) is 17.2 Å². The second-order valence-corrected chi connectivity index (χ2v) is 10.9. The summed E-state index contributed by atoms with van der Waals surface area (Å²) in [7, 11) is 1.70. The number of aliphatic hydroxyl groups is 1. The topological polar surface area (TPSA) is 118 Å². The van der Waals surface area contributed by atoms with Crippen LogP contribution in [-0.2, 0) is 16.1 Å². The molecule has 5 rings (SSSR count). The first-order valence-corrected chi connectivity index (χ1v) is 14.5. The van der Waals surface area contributed by atoms with E-state index in [0.29, 0.717) is 30.3 Å². The zero-order valence-electron chi connectivity index (χ0n) is 24.5. The maximum absolute atomic E-state index is 11.8. The van der Waals surface area contributed by atoms with Crippen LogP contribution in [0.25, 0.3) is 0 Å². The molecule has 0 aliphatic carbocycles. The summed E-state index contributed by atoms with van der Waals surface area (Å²) in [6.45, 7) is 4.83. The molecule has 3 aromatic carbocycles. The first-order valence-electron chi connectivity index (χ1n) is 14.5. The molecule has 0 aromatic heterocycles. The smallest absolute Gasteiger partial charge is 0.407 e. The van der Waals surface area contributed by atoms with Crippen molar-refractivity contribution in [2.75, 3.05) is 51.4 Å². The minimum absolute atomic E-state index is 0.00672. The van der Waals surface area contributed by atoms with Crippen LogP contribution in [0.15, 0.2) is 66.7 Å². The first-order chi connectivity index (χ1) is 20.8. The Balaban J connectivity index is 1.30. The fraction of sp³-hybridized carbons (Fsp3) is 0.394. The molecular formula is C33H38N2O8. The molecule has 3 atom stereocenters. The molecule has 3 unspecified atom stereocenters. The molecule has 0 radical (unpaired) electrons. The van der Waals surface area contributed by atoms with Crippen molar-refractivity contribution in [2.24, 2.45) is 0 Å². The number of likely N-dealkylation sites (tertiary alicyclic amines) is 1. The highest BCUT2D eigenvalue weighted by Crippen LogP contribution is 2.35. The minimum atomic E-state index is -1.09. The molecule has 2 heterocycles. The zero-order valence-corrected chi connectivity index (χ0v) is 24.5. The Hall–Kier alpha value is -4.12. The number of amides is 1. The third kappa shape index (κ3) is 7.45. The number of fused-ring (bicyclic) bond motifs is 1. The summed E-state index contributed by atoms with van der Waals surface area (Å²) in [5.41, 5.74) is 3.37. The van der Waals surface area contributed by atoms with Crippen molar-refractivity contribution < 1.29 is 38.7 Å². The zero-order chi connectivity index (χ0) is 30.3. The molecule has 2 N–H and O–H groups in total. The van der Waals surface area contributed by atoms with Gasteiger partial charge in [-0.2, -0.15) is 0 Å². The van der Waals surface area contributed by atoms with Gasteiger partial charge in [-0.15, -0.1) is 0 Å². The molecule has 10 nitrogen and oxygen atoms in total. The summed E-state index contributed by atoms with van der Waals surface area (Å²) in [4.78, 5) is 26.9. The average Bonchev–Trinajstić information content (AvgIpc) is 3.01. The molecular weight excluding hydrogens is 552 g/mol. The number of benzene rings is 3. The van der Waals surface area contributed by atoms with Gasteiger partial charge in [0.2, 0.25) is 0 Å². The maximum Gasteiger partial charge on any atom is 0.407 e. The van der Waals surface area contributed by atoms with Crippen molar-refractivity contribution in [3.05, 3.63) is 83.4 Å². The molecule has 228 valence electrons. The van der Waals surface area contributed by atoms with Gasteiger partial charge in [0, 0.05) is 31.7 Å². The molecule has 1 amide bonds. The monoisotopic (exact) mass is 590 g/mol. The molecule has 0 bridgehead atoms. The van der Waals surface area contributed by atoms with Crippen LogP contribution in [0.4, 0.5) is 10.5 Å². The van der Waals surface area contributed by atoms with E-state index in [0.717, 1.165) is 42.1 Å². The molecule has 2 aliphatic heterocycles. The number of nitrogens with zero attached hydrogens (tertiary/aromatic N) is 2. The van der Waals surface area contributed by atoms with Crippen LogP contribution in [0, 0.1) is 0 Å². The summed E-state index contributed by atoms with van der Waals surface area (Å²) in [6.07, 6.45) is -1.72. The van der Waals surface area contributed by atoms with Crippen LogP contribution < -0.4 is 14.4 Å². The minimum Gasteiger partial charge on any atom is -0.490 e. The van der Waals surface area contributed by atoms with Gasteiger partial charge in [0.15, 0.2) is 5.78 Å². The largest absolute Gasteiger partial charge is 0.490 e. The molecule has 0 saturated carbocycles. The second kappa shape index (κ2) is 13.9. The molecule has 3 aromatic rings. The number of carbonyl (C=O) groups excluding carboxylic acids is 1. The van der Waals surface area contributed by atoms with Gasteiger partial charge in [-0.3, -0.25) is 4.79 Å². The number of β-amino-alcohol motifs (C(OH)–C–C–N with tert-alkyl or cyclic N) is 1. The number of Topliss-reactive ketones (excluding diaryl/α,β-unsaturated/α-hetero) is 1. The first kappa shape index (κ1) is 30.3. The Labute approximate surface area is 251 Å². The highest BCUT2D eigenvalue weighted by Gasteiger charge is 2.39. The Morgan fingerprint density at radius 3 is 2.40 bits per heavy atom. The fourth-order valence-electron chi connectivity index (χ4n) is 5.64. The molecule has 1 saturated heterocycles. The molecule has 10 heteroatoms. The number of ether oxygens (including phenoxy) is 4. The number of anilines is 1. The van der Waals surface area contributed by atoms with Gasteiger partial charge < -0.3 is 39.0 Å². The number of rotatable bonds is 11. The number of carbonyl (C=O) groups is 2. The third-order valence-corrected chi connectivity index (χ3v) is 7.88. The standard InChI is InChI=1S/C33H38N2O8/c1-22(36)24-5-9-26(10-6-24)43-27-11-7-25(8-12-27)32-29(37)19-35(33(38)39)20-31(32)42-21-23-4-13-30-28(18-23)34(15-17-41-30)14-3-16-40-2/h4-13,18,29,31-32,37H,3,14-17,19-21H2,1-2H3,(H,38,39). The van der Waals surface area contributed by atoms with Gasteiger partial charge in [-0.1, -0.05) is 18.2 Å². The number of aliphatic hydroxyl groups excluding tert-OH is 1. The molecule has 0 spiro atoms. The van der Waals surface area contributed by atoms with Gasteiger partial charge in [0.1, 0.15) is 23.9 Å². The molecule has 1 fully saturated rings. The third-order valence-electron chi connectivity index (χ3n) is 7.88. The predicted octanol–water partition coefficient (Wildman–Crippen LogP) is 4.94. The van der Waals surface area contributed by atoms with E-state index in [9.17, 15) is 19.8 Å². The summed E-state index contributed by atoms with van der Waals surface area (Å²) in [5.74, 6) is 1.57. The summed E-state index contributed by atoms with van der Waals surface area (Å²) in [5, 5.41) is 20.8. The summed E-state index contributed by atoms with van der Waals surface area (Å²) in [6, 6.07) is 20.2. The summed E-state index contributed by atoms with van der Waals surface area (Å²) < 4.78 is 23.4. The molecule has 43 heavy (non-hydrogen) atoms. The van der Waals surface area contributed by atoms with Gasteiger partial charge in [-0.25, -0.2) is 4.79 Å². The quantitative estimate of drug-likeness (QED) is 0.237. The van der Waals surface area contributed by atoms with Gasteiger partial charge in [-0.05, 0) is 73.0 Å². The van der Waals surface area contributed by atoms with Crippen LogP contribution >= 0.6 is 0 Å². The number of ketones is 1. The van der Waals surface area contributed by atoms with E-state index in [1.54, 1.807) is 31.4 Å². The lowest BCUT2D eigenvalue weighted by Gasteiger charge is -2.40. The second-order valence-electron chi connectivity index (χ2n) is 10.9. The fourth-order valence-corrected chi connectivity index (χ4v) is 5.64. The maximum atomic E-state index is 11.8. The summed E-state index contributed by atoms with van der Waals surface area (Å²) >= 11 is 0. The SMILES string of the molecule is COCCCN1CCOc2ccc(COC3CN(C(=O)O)CC(O)C3c3ccc(Oc4ccc(C(C)=O)cc4)cc3)cc21. The van der Waals surface area contributed by atoms with E-state index in [2.05, 4.69) is 11.0 Å². The van der Waals surface area contributed by atoms with Crippen molar-refractivity contribution in [3.63, 3.8) is 0 Å². The van der Waals surface area contributed by atoms with E-state index >= 15 is 0 Å². The highest BCUT2D eigenvalue weighted by molar-refractivity contribution is 5.94. The van der Waals surface area contributed by atoms with Crippen LogP contribution in [0.5, 0.6) is 17.2 Å². The predicted molar refractivity (Wildman–Crippen MR) is 161 cm³/mol. The highest BCUT2D eigenvalue weighted by atomic mass is 16.5. The van der Waals surface area contributed by atoms with E-state index in [-0.39, 0.29) is 25.5 Å². The number of hydrogen-bond acceptors (Lipinski definition) is 8. The van der Waals surface area contributed by atoms with Crippen LogP contribution in [0.1, 0.15) is 40.7 Å². The van der Waals surface area contributed by atoms with Crippen LogP contribution in [0.2, 0.25) is 0 Å². The van der Waals surface area contributed by atoms with E-state index in [1.807, 2.05) is 36.4 Å². The van der Waals surface area contributed by atoms with Crippen LogP contribution in [0.3, 0.4) is 0 Å². The van der Waals surface area contributed by atoms with Crippen molar-refractivity contribution in [1.29, 1.82) is 0 Å². The van der Waals surface area contributed by atoms with Crippen molar-refractivity contribution in [1.82, 2.24) is 4.90 Å². The van der Waals surface area contributed by atoms with E-state index in [1.165, 1.54) is 11.8 Å². The Bertz CT molecular complexity index is 1400. The van der Waals surface area contributed by atoms with E-state index in [4.69, 9.17) is 18.9 Å². The normalized spacial score (nSPS) is 19.8. The van der Waals surface area contributed by atoms with Gasteiger partial charge in [0.25, 0.3) is 0 Å². The number of piperidine rings is 1. The Morgan fingerprint density at radius 1 is 1.00 bits per heavy atom. The molecule has 2 aliphatic rings. The lowest BCUT2D eigenvalue weighted by atomic mass is 9.84. The Morgan fingerprint density at radius 2 is 1.72 bits per heavy atom. The Kier molecular flexibility index (Phi) is 9.81. The lowest BCUT2D eigenvalue weighted by Crippen LogP contribution is -2.53. The number of methoxy groups -OCH3 is 1. The van der Waals surface area contributed by atoms with Crippen LogP contribution in [-0.4, -0.2) is 85.7 Å².